The second-order valence-corrected chi connectivity index (χ2v) is 10.4. The quantitative estimate of drug-likeness (QED) is 0.431. The van der Waals surface area contributed by atoms with Crippen LogP contribution in [0.2, 0.25) is 5.02 Å². The first-order valence-corrected chi connectivity index (χ1v) is 12.4. The Morgan fingerprint density at radius 1 is 1.36 bits per heavy atom. The number of halogens is 4. The van der Waals surface area contributed by atoms with Gasteiger partial charge in [0.25, 0.3) is 5.91 Å². The fourth-order valence-corrected chi connectivity index (χ4v) is 6.64. The maximum absolute atomic E-state index is 13.9. The van der Waals surface area contributed by atoms with E-state index in [2.05, 4.69) is 21.8 Å². The Hall–Kier alpha value is -2.55. The molecule has 172 valence electrons. The van der Waals surface area contributed by atoms with Gasteiger partial charge in [-0.1, -0.05) is 17.7 Å². The Labute approximate surface area is 200 Å². The lowest BCUT2D eigenvalue weighted by atomic mass is 9.96. The van der Waals surface area contributed by atoms with Crippen LogP contribution >= 0.6 is 34.3 Å². The van der Waals surface area contributed by atoms with E-state index in [4.69, 9.17) is 11.6 Å². The second-order valence-electron chi connectivity index (χ2n) is 7.94. The van der Waals surface area contributed by atoms with Crippen molar-refractivity contribution in [2.45, 2.75) is 50.4 Å². The molecule has 0 saturated heterocycles. The van der Waals surface area contributed by atoms with Gasteiger partial charge >= 0.3 is 6.18 Å². The fourth-order valence-electron chi connectivity index (χ4n) is 4.35. The second kappa shape index (κ2) is 8.34. The van der Waals surface area contributed by atoms with Crippen LogP contribution in [0.4, 0.5) is 24.0 Å². The van der Waals surface area contributed by atoms with E-state index in [1.54, 1.807) is 17.5 Å². The number of alkyl halides is 3. The Morgan fingerprint density at radius 2 is 2.15 bits per heavy atom. The molecule has 1 amide bonds. The lowest BCUT2D eigenvalue weighted by Crippen LogP contribution is -2.35. The van der Waals surface area contributed by atoms with E-state index >= 15 is 0 Å². The summed E-state index contributed by atoms with van der Waals surface area (Å²) in [6.07, 6.45) is -1.25. The molecule has 0 aromatic carbocycles. The molecule has 2 N–H and O–H groups in total. The molecule has 1 aliphatic heterocycles. The number of aryl methyl sites for hydroxylation is 1. The number of amides is 1. The monoisotopic (exact) mass is 511 g/mol. The number of carbonyl (C=O) groups is 1. The molecular formula is C21H17ClF3N5OS2. The van der Waals surface area contributed by atoms with Crippen LogP contribution in [0.5, 0.6) is 0 Å². The van der Waals surface area contributed by atoms with E-state index in [0.717, 1.165) is 45.7 Å². The average molecular weight is 512 g/mol. The van der Waals surface area contributed by atoms with Crippen molar-refractivity contribution in [3.8, 4) is 6.07 Å². The summed E-state index contributed by atoms with van der Waals surface area (Å²) in [6, 6.07) is 3.14. The minimum absolute atomic E-state index is 0.0419. The van der Waals surface area contributed by atoms with Crippen LogP contribution in [0.25, 0.3) is 0 Å². The van der Waals surface area contributed by atoms with E-state index in [9.17, 15) is 23.2 Å². The van der Waals surface area contributed by atoms with Gasteiger partial charge in [0.05, 0.1) is 11.6 Å². The van der Waals surface area contributed by atoms with Crippen LogP contribution in [0.3, 0.4) is 0 Å². The average Bonchev–Trinajstić information content (AvgIpc) is 3.50. The van der Waals surface area contributed by atoms with Crippen molar-refractivity contribution in [2.24, 2.45) is 0 Å². The zero-order valence-electron chi connectivity index (χ0n) is 17.0. The number of rotatable bonds is 3. The van der Waals surface area contributed by atoms with Gasteiger partial charge in [-0.05, 0) is 42.7 Å². The third kappa shape index (κ3) is 3.90. The molecule has 2 aliphatic rings. The number of carbonyl (C=O) groups excluding carboxylic acids is 1. The zero-order chi connectivity index (χ0) is 23.3. The molecule has 0 fully saturated rings. The molecule has 12 heteroatoms. The van der Waals surface area contributed by atoms with Gasteiger partial charge in [0.15, 0.2) is 11.7 Å². The largest absolute Gasteiger partial charge is 0.410 e. The van der Waals surface area contributed by atoms with Crippen molar-refractivity contribution in [1.29, 1.82) is 5.26 Å². The first kappa shape index (κ1) is 22.3. The van der Waals surface area contributed by atoms with Gasteiger partial charge in [0, 0.05) is 16.2 Å². The number of hydrogen-bond donors (Lipinski definition) is 2. The highest BCUT2D eigenvalue weighted by atomic mass is 35.5. The molecular weight excluding hydrogens is 495 g/mol. The van der Waals surface area contributed by atoms with Gasteiger partial charge in [-0.25, -0.2) is 4.68 Å². The third-order valence-electron chi connectivity index (χ3n) is 5.91. The number of thiophene rings is 2. The summed E-state index contributed by atoms with van der Waals surface area (Å²) in [4.78, 5) is 14.8. The Bertz CT molecular complexity index is 1260. The Morgan fingerprint density at radius 3 is 2.85 bits per heavy atom. The highest BCUT2D eigenvalue weighted by Crippen LogP contribution is 2.47. The first-order chi connectivity index (χ1) is 15.8. The molecule has 2 unspecified atom stereocenters. The summed E-state index contributed by atoms with van der Waals surface area (Å²) in [6.45, 7) is 0. The van der Waals surface area contributed by atoms with Crippen LogP contribution in [-0.2, 0) is 12.8 Å². The van der Waals surface area contributed by atoms with Gasteiger partial charge in [-0.15, -0.1) is 22.7 Å². The molecule has 2 atom stereocenters. The molecule has 4 heterocycles. The van der Waals surface area contributed by atoms with Crippen LogP contribution in [0.15, 0.2) is 17.5 Å². The Balaban J connectivity index is 1.49. The molecule has 6 nitrogen and oxygen atoms in total. The molecule has 3 aromatic heterocycles. The zero-order valence-corrected chi connectivity index (χ0v) is 19.4. The number of nitrogens with one attached hydrogen (secondary N) is 2. The topological polar surface area (TPSA) is 82.7 Å². The first-order valence-electron chi connectivity index (χ1n) is 10.3. The van der Waals surface area contributed by atoms with Crippen molar-refractivity contribution < 1.29 is 18.0 Å². The van der Waals surface area contributed by atoms with Gasteiger partial charge in [-0.3, -0.25) is 4.79 Å². The maximum atomic E-state index is 13.9. The van der Waals surface area contributed by atoms with E-state index in [0.29, 0.717) is 10.6 Å². The van der Waals surface area contributed by atoms with Gasteiger partial charge in [-0.2, -0.15) is 23.5 Å². The summed E-state index contributed by atoms with van der Waals surface area (Å²) in [7, 11) is 0. The highest BCUT2D eigenvalue weighted by Gasteiger charge is 2.48. The smallest absolute Gasteiger partial charge is 0.361 e. The van der Waals surface area contributed by atoms with E-state index in [1.807, 2.05) is 0 Å². The predicted octanol–water partition coefficient (Wildman–Crippen LogP) is 6.32. The molecule has 1 aliphatic carbocycles. The number of anilines is 2. The normalized spacial score (nSPS) is 19.8. The summed E-state index contributed by atoms with van der Waals surface area (Å²) in [5.41, 5.74) is 1.04. The third-order valence-corrected chi connectivity index (χ3v) is 8.46. The van der Waals surface area contributed by atoms with Crippen molar-refractivity contribution in [1.82, 2.24) is 9.78 Å². The minimum atomic E-state index is -4.57. The van der Waals surface area contributed by atoms with Crippen LogP contribution in [0, 0.1) is 11.3 Å². The van der Waals surface area contributed by atoms with E-state index in [1.165, 1.54) is 22.7 Å². The van der Waals surface area contributed by atoms with Crippen LogP contribution in [-0.4, -0.2) is 21.9 Å². The van der Waals surface area contributed by atoms with Crippen molar-refractivity contribution in [2.75, 3.05) is 10.6 Å². The lowest BCUT2D eigenvalue weighted by Gasteiger charge is -2.32. The molecule has 0 spiro atoms. The molecule has 5 rings (SSSR count). The molecule has 3 aromatic rings. The number of nitriles is 1. The minimum Gasteiger partial charge on any atom is -0.361 e. The van der Waals surface area contributed by atoms with Crippen molar-refractivity contribution in [3.05, 3.63) is 49.1 Å². The predicted molar refractivity (Wildman–Crippen MR) is 121 cm³/mol. The molecule has 0 saturated carbocycles. The molecule has 0 radical (unpaired) electrons. The van der Waals surface area contributed by atoms with Crippen LogP contribution < -0.4 is 10.6 Å². The number of nitrogens with zero attached hydrogens (tertiary/aromatic N) is 3. The maximum Gasteiger partial charge on any atom is 0.410 e. The van der Waals surface area contributed by atoms with Gasteiger partial charge in [0.1, 0.15) is 21.9 Å². The standard InChI is InChI=1S/C21H17ClF3N5OS2/c22-16-17(19(31)28-20-11(9-26)10-4-1-2-5-13(10)33-20)29-30-15(21(23,24)25)8-12(27-18(16)30)14-6-3-7-32-14/h3,6-7,12,15,27H,1-2,4-5,8H2,(H,28,31). The van der Waals surface area contributed by atoms with Crippen molar-refractivity contribution >= 4 is 51.0 Å². The lowest BCUT2D eigenvalue weighted by molar-refractivity contribution is -0.173. The highest BCUT2D eigenvalue weighted by molar-refractivity contribution is 7.16. The SMILES string of the molecule is N#Cc1c(NC(=O)c2nn3c(c2Cl)NC(c2cccs2)CC3C(F)(F)F)sc2c1CCCC2. The van der Waals surface area contributed by atoms with Crippen molar-refractivity contribution in [3.63, 3.8) is 0 Å². The van der Waals surface area contributed by atoms with Gasteiger partial charge < -0.3 is 10.6 Å². The summed E-state index contributed by atoms with van der Waals surface area (Å²) < 4.78 is 42.4. The fraction of sp³-hybridized carbons (Fsp3) is 0.381. The van der Waals surface area contributed by atoms with E-state index < -0.39 is 24.2 Å². The number of aromatic nitrogens is 2. The van der Waals surface area contributed by atoms with Gasteiger partial charge in [0.2, 0.25) is 0 Å². The van der Waals surface area contributed by atoms with Crippen LogP contribution in [0.1, 0.15) is 62.7 Å². The number of hydrogen-bond acceptors (Lipinski definition) is 6. The van der Waals surface area contributed by atoms with E-state index in [-0.39, 0.29) is 23.0 Å². The summed E-state index contributed by atoms with van der Waals surface area (Å²) in [5.74, 6) is -0.785. The molecule has 33 heavy (non-hydrogen) atoms. The Kier molecular flexibility index (Phi) is 5.63. The summed E-state index contributed by atoms with van der Waals surface area (Å²) in [5, 5.41) is 21.2. The summed E-state index contributed by atoms with van der Waals surface area (Å²) >= 11 is 9.06. The molecule has 0 bridgehead atoms. The number of fused-ring (bicyclic) bond motifs is 2.